The van der Waals surface area contributed by atoms with Gasteiger partial charge in [0.05, 0.1) is 16.5 Å². The number of rotatable bonds is 8. The Balaban J connectivity index is 1.17. The van der Waals surface area contributed by atoms with Crippen molar-refractivity contribution in [1.82, 2.24) is 29.7 Å². The van der Waals surface area contributed by atoms with Gasteiger partial charge in [0.25, 0.3) is 0 Å². The zero-order chi connectivity index (χ0) is 36.0. The van der Waals surface area contributed by atoms with Gasteiger partial charge in [-0.1, -0.05) is 30.2 Å². The molecule has 264 valence electrons. The van der Waals surface area contributed by atoms with Crippen molar-refractivity contribution in [3.05, 3.63) is 89.9 Å². The van der Waals surface area contributed by atoms with Crippen LogP contribution >= 0.6 is 0 Å². The summed E-state index contributed by atoms with van der Waals surface area (Å²) >= 11 is 0. The number of alkyl halides is 1. The third-order valence-corrected chi connectivity index (χ3v) is 10.7. The number of amides is 1. The van der Waals surface area contributed by atoms with Crippen molar-refractivity contribution >= 4 is 39.5 Å². The summed E-state index contributed by atoms with van der Waals surface area (Å²) in [6.07, 6.45) is 15.6. The minimum absolute atomic E-state index is 0.0144. The lowest BCUT2D eigenvalue weighted by molar-refractivity contribution is -0.124. The topological polar surface area (TPSA) is 87.6 Å². The Morgan fingerprint density at radius 1 is 1.13 bits per heavy atom. The summed E-state index contributed by atoms with van der Waals surface area (Å²) in [4.78, 5) is 36.9. The average Bonchev–Trinajstić information content (AvgIpc) is 3.88. The summed E-state index contributed by atoms with van der Waals surface area (Å²) in [5.41, 5.74) is 0.656. The number of likely N-dealkylation sites (N-methyl/N-ethyl adjacent to an activating group) is 1. The Morgan fingerprint density at radius 2 is 1.98 bits per heavy atom. The van der Waals surface area contributed by atoms with Gasteiger partial charge >= 0.3 is 6.01 Å². The molecule has 3 aliphatic rings. The number of benzene rings is 2. The van der Waals surface area contributed by atoms with Crippen molar-refractivity contribution in [2.24, 2.45) is 0 Å². The highest BCUT2D eigenvalue weighted by molar-refractivity contribution is 6.02. The van der Waals surface area contributed by atoms with Crippen molar-refractivity contribution in [2.45, 2.75) is 43.4 Å². The number of fused-ring (bicyclic) bond motifs is 3. The molecule has 6 heterocycles. The zero-order valence-corrected chi connectivity index (χ0v) is 28.6. The third-order valence-electron chi connectivity index (χ3n) is 10.7. The standard InChI is InChI=1S/C40H36F3N7O2/c1-3-29-32(42)10-9-26-6-4-7-30(34(26)29)36-35(43)37-31(21-45-36)38(47-39(46-37)52-24-40-15-5-18-50(40)22-27(41)20-40)48(2)28-14-19-49(23-28)33(51)11-8-25-12-16-44-17-13-25/h1,4,6-13,16-17,21,27-28H,5,14-15,18-20,22-24H2,2H3/b11-8+/t27-,28-,40+/m1/s1. The highest BCUT2D eigenvalue weighted by Crippen LogP contribution is 2.41. The van der Waals surface area contributed by atoms with Gasteiger partial charge in [-0.25, -0.2) is 13.2 Å². The van der Waals surface area contributed by atoms with Crippen molar-refractivity contribution in [1.29, 1.82) is 0 Å². The molecule has 3 fully saturated rings. The predicted octanol–water partition coefficient (Wildman–Crippen LogP) is 6.21. The number of pyridine rings is 2. The summed E-state index contributed by atoms with van der Waals surface area (Å²) in [5.74, 6) is 1.34. The maximum Gasteiger partial charge on any atom is 0.319 e. The van der Waals surface area contributed by atoms with Gasteiger partial charge in [-0.05, 0) is 61.0 Å². The highest BCUT2D eigenvalue weighted by atomic mass is 19.1. The number of nitrogens with zero attached hydrogens (tertiary/aromatic N) is 7. The molecule has 0 aliphatic carbocycles. The molecular formula is C40H36F3N7O2. The van der Waals surface area contributed by atoms with Gasteiger partial charge in [0.1, 0.15) is 35.6 Å². The Kier molecular flexibility index (Phi) is 8.75. The summed E-state index contributed by atoms with van der Waals surface area (Å²) in [5, 5.41) is 1.35. The molecule has 52 heavy (non-hydrogen) atoms. The lowest BCUT2D eigenvalue weighted by Crippen LogP contribution is -2.43. The number of terminal acetylenes is 1. The molecule has 1 amide bonds. The lowest BCUT2D eigenvalue weighted by Gasteiger charge is -2.31. The number of hydrogen-bond donors (Lipinski definition) is 0. The van der Waals surface area contributed by atoms with E-state index in [1.807, 2.05) is 24.1 Å². The van der Waals surface area contributed by atoms with E-state index in [4.69, 9.17) is 16.1 Å². The Hall–Kier alpha value is -5.54. The maximum atomic E-state index is 16.9. The first-order valence-corrected chi connectivity index (χ1v) is 17.4. The van der Waals surface area contributed by atoms with Crippen molar-refractivity contribution < 1.29 is 22.7 Å². The summed E-state index contributed by atoms with van der Waals surface area (Å²) in [7, 11) is 1.84. The Morgan fingerprint density at radius 3 is 2.81 bits per heavy atom. The van der Waals surface area contributed by atoms with E-state index in [1.54, 1.807) is 53.7 Å². The van der Waals surface area contributed by atoms with Crippen LogP contribution in [0.4, 0.5) is 19.0 Å². The van der Waals surface area contributed by atoms with Crippen molar-refractivity contribution in [3.63, 3.8) is 0 Å². The number of aromatic nitrogens is 4. The molecule has 3 aromatic heterocycles. The fourth-order valence-corrected chi connectivity index (χ4v) is 8.06. The van der Waals surface area contributed by atoms with Gasteiger partial charge in [-0.15, -0.1) is 6.42 Å². The summed E-state index contributed by atoms with van der Waals surface area (Å²) < 4.78 is 52.6. The number of carbonyl (C=O) groups is 1. The monoisotopic (exact) mass is 703 g/mol. The summed E-state index contributed by atoms with van der Waals surface area (Å²) in [6.45, 7) is 2.25. The van der Waals surface area contributed by atoms with E-state index in [1.165, 1.54) is 12.3 Å². The fourth-order valence-electron chi connectivity index (χ4n) is 8.06. The van der Waals surface area contributed by atoms with E-state index >= 15 is 4.39 Å². The molecule has 3 aliphatic heterocycles. The van der Waals surface area contributed by atoms with E-state index in [0.717, 1.165) is 24.9 Å². The van der Waals surface area contributed by atoms with Gasteiger partial charge < -0.3 is 14.5 Å². The smallest absolute Gasteiger partial charge is 0.319 e. The molecule has 0 bridgehead atoms. The molecule has 0 spiro atoms. The van der Waals surface area contributed by atoms with Crippen molar-refractivity contribution in [3.8, 4) is 29.6 Å². The normalized spacial score (nSPS) is 21.6. The second-order valence-corrected chi connectivity index (χ2v) is 13.8. The van der Waals surface area contributed by atoms with Crippen LogP contribution in [0.15, 0.2) is 67.1 Å². The van der Waals surface area contributed by atoms with Gasteiger partial charge in [-0.3, -0.25) is 19.7 Å². The average molecular weight is 704 g/mol. The van der Waals surface area contributed by atoms with E-state index in [9.17, 15) is 13.6 Å². The first kappa shape index (κ1) is 33.6. The second kappa shape index (κ2) is 13.5. The number of carbonyl (C=O) groups excluding carboxylic acids is 1. The van der Waals surface area contributed by atoms with Crippen LogP contribution in [0.5, 0.6) is 6.01 Å². The minimum Gasteiger partial charge on any atom is -0.461 e. The number of anilines is 1. The number of hydrogen-bond acceptors (Lipinski definition) is 8. The fraction of sp³-hybridized carbons (Fsp3) is 0.325. The summed E-state index contributed by atoms with van der Waals surface area (Å²) in [6, 6.07) is 11.5. The van der Waals surface area contributed by atoms with E-state index in [-0.39, 0.29) is 41.3 Å². The van der Waals surface area contributed by atoms with Gasteiger partial charge in [0.2, 0.25) is 5.91 Å². The lowest BCUT2D eigenvalue weighted by atomic mass is 9.95. The maximum absolute atomic E-state index is 16.9. The molecule has 8 rings (SSSR count). The van der Waals surface area contributed by atoms with Crippen LogP contribution in [0.3, 0.4) is 0 Å². The van der Waals surface area contributed by atoms with Crippen LogP contribution in [0, 0.1) is 24.0 Å². The molecule has 0 radical (unpaired) electrons. The molecule has 12 heteroatoms. The molecule has 0 unspecified atom stereocenters. The quantitative estimate of drug-likeness (QED) is 0.140. The van der Waals surface area contributed by atoms with Crippen LogP contribution < -0.4 is 9.64 Å². The van der Waals surface area contributed by atoms with E-state index in [2.05, 4.69) is 25.8 Å². The number of ether oxygens (including phenoxy) is 1. The predicted molar refractivity (Wildman–Crippen MR) is 193 cm³/mol. The number of likely N-dealkylation sites (tertiary alicyclic amines) is 1. The van der Waals surface area contributed by atoms with Crippen molar-refractivity contribution in [2.75, 3.05) is 44.7 Å². The minimum atomic E-state index is -0.944. The van der Waals surface area contributed by atoms with Gasteiger partial charge in [-0.2, -0.15) is 9.97 Å². The molecule has 2 aromatic carbocycles. The Bertz CT molecular complexity index is 2260. The first-order valence-electron chi connectivity index (χ1n) is 17.4. The van der Waals surface area contributed by atoms with Gasteiger partial charge in [0, 0.05) is 74.8 Å². The Labute approximate surface area is 299 Å². The van der Waals surface area contributed by atoms with Crippen LogP contribution in [-0.4, -0.2) is 93.2 Å². The molecular weight excluding hydrogens is 667 g/mol. The SMILES string of the molecule is C#Cc1c(F)ccc2cccc(-c3ncc4c(N(C)[C@@H]5CCN(C(=O)/C=C/c6ccncc6)C5)nc(OC[C@@]56CCCN5C[C@H](F)C6)nc4c3F)c12. The number of halogens is 3. The molecule has 9 nitrogen and oxygen atoms in total. The molecule has 3 atom stereocenters. The van der Waals surface area contributed by atoms with Crippen LogP contribution in [-0.2, 0) is 4.79 Å². The van der Waals surface area contributed by atoms with Gasteiger partial charge in [0.15, 0.2) is 5.82 Å². The molecule has 5 aromatic rings. The van der Waals surface area contributed by atoms with Crippen LogP contribution in [0.1, 0.15) is 36.8 Å². The van der Waals surface area contributed by atoms with Crippen LogP contribution in [0.2, 0.25) is 0 Å². The highest BCUT2D eigenvalue weighted by Gasteiger charge is 2.49. The largest absolute Gasteiger partial charge is 0.461 e. The van der Waals surface area contributed by atoms with E-state index < -0.39 is 23.3 Å². The first-order chi connectivity index (χ1) is 25.2. The molecule has 3 saturated heterocycles. The molecule has 0 N–H and O–H groups in total. The van der Waals surface area contributed by atoms with Crippen LogP contribution in [0.25, 0.3) is 39.0 Å². The zero-order valence-electron chi connectivity index (χ0n) is 28.6. The molecule has 0 saturated carbocycles. The van der Waals surface area contributed by atoms with E-state index in [0.29, 0.717) is 60.0 Å². The second-order valence-electron chi connectivity index (χ2n) is 13.8. The third kappa shape index (κ3) is 5.98.